The maximum absolute atomic E-state index is 13.4. The van der Waals surface area contributed by atoms with E-state index >= 15 is 0 Å². The van der Waals surface area contributed by atoms with E-state index in [9.17, 15) is 14.4 Å². The van der Waals surface area contributed by atoms with Crippen LogP contribution in [-0.2, 0) is 16.1 Å². The SMILES string of the molecule is CCCN1C(=O)c2cc(C(=O)NCCN3CCOCC3)nn2C[C@]1(C)C(=O)NC1CCCC1. The topological polar surface area (TPSA) is 109 Å². The molecule has 182 valence electrons. The predicted molar refractivity (Wildman–Crippen MR) is 122 cm³/mol. The van der Waals surface area contributed by atoms with Gasteiger partial charge >= 0.3 is 0 Å². The molecular formula is C23H36N6O4. The number of hydrogen-bond donors (Lipinski definition) is 2. The molecule has 1 saturated carbocycles. The zero-order valence-corrected chi connectivity index (χ0v) is 19.8. The monoisotopic (exact) mass is 460 g/mol. The standard InChI is InChI=1S/C23H36N6O4/c1-3-9-28-21(31)19-15-18(20(30)24-8-10-27-11-13-33-14-12-27)26-29(19)16-23(28,2)22(32)25-17-6-4-5-7-17/h15,17H,3-14,16H2,1-2H3,(H,24,30)(H,25,32)/t23-/m1/s1. The van der Waals surface area contributed by atoms with Gasteiger partial charge in [-0.15, -0.1) is 0 Å². The van der Waals surface area contributed by atoms with Crippen LogP contribution in [0.2, 0.25) is 0 Å². The van der Waals surface area contributed by atoms with E-state index in [0.717, 1.165) is 51.7 Å². The number of hydrogen-bond acceptors (Lipinski definition) is 6. The first-order valence-corrected chi connectivity index (χ1v) is 12.2. The second-order valence-corrected chi connectivity index (χ2v) is 9.47. The minimum Gasteiger partial charge on any atom is -0.379 e. The lowest BCUT2D eigenvalue weighted by Gasteiger charge is -2.43. The molecule has 2 N–H and O–H groups in total. The lowest BCUT2D eigenvalue weighted by atomic mass is 9.94. The van der Waals surface area contributed by atoms with Crippen molar-refractivity contribution in [2.75, 3.05) is 45.9 Å². The Labute approximate surface area is 195 Å². The van der Waals surface area contributed by atoms with Crippen LogP contribution in [0.5, 0.6) is 0 Å². The van der Waals surface area contributed by atoms with Crippen LogP contribution in [0.1, 0.15) is 66.9 Å². The molecule has 1 aromatic heterocycles. The highest BCUT2D eigenvalue weighted by atomic mass is 16.5. The van der Waals surface area contributed by atoms with E-state index in [1.807, 2.05) is 6.92 Å². The summed E-state index contributed by atoms with van der Waals surface area (Å²) in [6.07, 6.45) is 4.93. The third kappa shape index (κ3) is 5.06. The molecule has 4 rings (SSSR count). The molecule has 1 saturated heterocycles. The Morgan fingerprint density at radius 3 is 2.64 bits per heavy atom. The fourth-order valence-corrected chi connectivity index (χ4v) is 4.98. The van der Waals surface area contributed by atoms with E-state index in [-0.39, 0.29) is 36.0 Å². The zero-order valence-electron chi connectivity index (χ0n) is 19.8. The molecule has 1 aliphatic carbocycles. The number of carbonyl (C=O) groups excluding carboxylic acids is 3. The third-order valence-electron chi connectivity index (χ3n) is 6.97. The number of amides is 3. The average Bonchev–Trinajstić information content (AvgIpc) is 3.47. The Hall–Kier alpha value is -2.46. The Bertz CT molecular complexity index is 874. The molecule has 1 aromatic rings. The normalized spacial score (nSPS) is 24.1. The minimum absolute atomic E-state index is 0.145. The van der Waals surface area contributed by atoms with Gasteiger partial charge in [-0.05, 0) is 26.2 Å². The maximum atomic E-state index is 13.4. The fraction of sp³-hybridized carbons (Fsp3) is 0.739. The van der Waals surface area contributed by atoms with Crippen molar-refractivity contribution in [2.24, 2.45) is 0 Å². The average molecular weight is 461 g/mol. The molecule has 10 nitrogen and oxygen atoms in total. The van der Waals surface area contributed by atoms with E-state index < -0.39 is 5.54 Å². The summed E-state index contributed by atoms with van der Waals surface area (Å²) < 4.78 is 6.87. The number of aromatic nitrogens is 2. The summed E-state index contributed by atoms with van der Waals surface area (Å²) in [7, 11) is 0. The minimum atomic E-state index is -1.04. The second-order valence-electron chi connectivity index (χ2n) is 9.47. The summed E-state index contributed by atoms with van der Waals surface area (Å²) in [6.45, 7) is 8.88. The summed E-state index contributed by atoms with van der Waals surface area (Å²) in [4.78, 5) is 43.3. The lowest BCUT2D eigenvalue weighted by Crippen LogP contribution is -2.65. The zero-order chi connectivity index (χ0) is 23.4. The van der Waals surface area contributed by atoms with Gasteiger partial charge in [-0.25, -0.2) is 0 Å². The summed E-state index contributed by atoms with van der Waals surface area (Å²) in [5.41, 5.74) is -0.483. The predicted octanol–water partition coefficient (Wildman–Crippen LogP) is 0.628. The second kappa shape index (κ2) is 10.2. The van der Waals surface area contributed by atoms with Crippen molar-refractivity contribution in [3.05, 3.63) is 17.5 Å². The summed E-state index contributed by atoms with van der Waals surface area (Å²) in [6, 6.07) is 1.71. The number of nitrogens with one attached hydrogen (secondary N) is 2. The molecule has 3 heterocycles. The van der Waals surface area contributed by atoms with Gasteiger partial charge in [0.25, 0.3) is 11.8 Å². The first-order chi connectivity index (χ1) is 15.9. The molecule has 0 unspecified atom stereocenters. The molecule has 3 aliphatic rings. The molecule has 0 bridgehead atoms. The van der Waals surface area contributed by atoms with Crippen LogP contribution in [0, 0.1) is 0 Å². The van der Waals surface area contributed by atoms with Crippen molar-refractivity contribution in [3.63, 3.8) is 0 Å². The van der Waals surface area contributed by atoms with Crippen molar-refractivity contribution in [3.8, 4) is 0 Å². The lowest BCUT2D eigenvalue weighted by molar-refractivity contribution is -0.133. The third-order valence-corrected chi connectivity index (χ3v) is 6.97. The van der Waals surface area contributed by atoms with E-state index in [0.29, 0.717) is 32.0 Å². The van der Waals surface area contributed by atoms with Gasteiger partial charge in [-0.2, -0.15) is 5.10 Å². The highest BCUT2D eigenvalue weighted by molar-refractivity contribution is 6.01. The number of rotatable bonds is 8. The van der Waals surface area contributed by atoms with Gasteiger partial charge in [0.1, 0.15) is 11.2 Å². The molecule has 3 amide bonds. The van der Waals surface area contributed by atoms with E-state index in [1.54, 1.807) is 17.9 Å². The molecule has 0 aromatic carbocycles. The van der Waals surface area contributed by atoms with E-state index in [4.69, 9.17) is 4.74 Å². The van der Waals surface area contributed by atoms with E-state index in [1.165, 1.54) is 4.68 Å². The number of carbonyl (C=O) groups is 3. The van der Waals surface area contributed by atoms with Gasteiger partial charge in [0, 0.05) is 44.8 Å². The molecule has 0 spiro atoms. The van der Waals surface area contributed by atoms with Crippen molar-refractivity contribution in [1.82, 2.24) is 30.2 Å². The molecule has 1 atom stereocenters. The molecule has 33 heavy (non-hydrogen) atoms. The van der Waals surface area contributed by atoms with Crippen molar-refractivity contribution < 1.29 is 19.1 Å². The van der Waals surface area contributed by atoms with Gasteiger partial charge in [-0.1, -0.05) is 19.8 Å². The first-order valence-electron chi connectivity index (χ1n) is 12.2. The van der Waals surface area contributed by atoms with E-state index in [2.05, 4.69) is 20.6 Å². The van der Waals surface area contributed by atoms with Crippen LogP contribution in [0.15, 0.2) is 6.07 Å². The largest absolute Gasteiger partial charge is 0.379 e. The first kappa shape index (κ1) is 23.7. The molecule has 2 fully saturated rings. The highest BCUT2D eigenvalue weighted by Crippen LogP contribution is 2.29. The van der Waals surface area contributed by atoms with Crippen LogP contribution >= 0.6 is 0 Å². The van der Waals surface area contributed by atoms with Gasteiger partial charge in [-0.3, -0.25) is 24.0 Å². The van der Waals surface area contributed by atoms with Gasteiger partial charge < -0.3 is 20.3 Å². The van der Waals surface area contributed by atoms with Crippen LogP contribution in [0.25, 0.3) is 0 Å². The molecule has 10 heteroatoms. The van der Waals surface area contributed by atoms with Gasteiger partial charge in [0.2, 0.25) is 5.91 Å². The summed E-state index contributed by atoms with van der Waals surface area (Å²) in [5, 5.41) is 10.5. The Kier molecular flexibility index (Phi) is 7.33. The summed E-state index contributed by atoms with van der Waals surface area (Å²) in [5.74, 6) is -0.710. The van der Waals surface area contributed by atoms with Crippen molar-refractivity contribution in [2.45, 2.75) is 64.1 Å². The maximum Gasteiger partial charge on any atom is 0.273 e. The number of ether oxygens (including phenoxy) is 1. The van der Waals surface area contributed by atoms with Crippen LogP contribution < -0.4 is 10.6 Å². The quantitative estimate of drug-likeness (QED) is 0.589. The molecule has 2 aliphatic heterocycles. The van der Waals surface area contributed by atoms with Crippen LogP contribution in [0.4, 0.5) is 0 Å². The van der Waals surface area contributed by atoms with Crippen LogP contribution in [-0.4, -0.2) is 94.8 Å². The highest BCUT2D eigenvalue weighted by Gasteiger charge is 2.48. The Morgan fingerprint density at radius 2 is 1.94 bits per heavy atom. The fourth-order valence-electron chi connectivity index (χ4n) is 4.98. The Morgan fingerprint density at radius 1 is 1.21 bits per heavy atom. The van der Waals surface area contributed by atoms with Gasteiger partial charge in [0.05, 0.1) is 19.8 Å². The molecule has 0 radical (unpaired) electrons. The van der Waals surface area contributed by atoms with Gasteiger partial charge in [0.15, 0.2) is 5.69 Å². The Balaban J connectivity index is 1.45. The number of morpholine rings is 1. The number of nitrogens with zero attached hydrogens (tertiary/aromatic N) is 4. The number of fused-ring (bicyclic) bond motifs is 1. The van der Waals surface area contributed by atoms with Crippen molar-refractivity contribution in [1.29, 1.82) is 0 Å². The van der Waals surface area contributed by atoms with Crippen molar-refractivity contribution >= 4 is 17.7 Å². The summed E-state index contributed by atoms with van der Waals surface area (Å²) >= 11 is 0. The smallest absolute Gasteiger partial charge is 0.273 e. The molecular weight excluding hydrogens is 424 g/mol. The van der Waals surface area contributed by atoms with Crippen LogP contribution in [0.3, 0.4) is 0 Å².